The molecule has 10 nitrogen and oxygen atoms in total. The second-order valence-corrected chi connectivity index (χ2v) is 7.37. The summed E-state index contributed by atoms with van der Waals surface area (Å²) >= 11 is 0. The first-order valence-electron chi connectivity index (χ1n) is 10.5. The van der Waals surface area contributed by atoms with Crippen LogP contribution in [0.15, 0.2) is 52.1 Å². The molecule has 168 valence electrons. The lowest BCUT2D eigenvalue weighted by Crippen LogP contribution is -2.42. The Balaban J connectivity index is 1.61. The summed E-state index contributed by atoms with van der Waals surface area (Å²) in [5.41, 5.74) is 5.98. The number of fused-ring (bicyclic) bond motifs is 2. The van der Waals surface area contributed by atoms with Crippen molar-refractivity contribution in [1.29, 1.82) is 0 Å². The van der Waals surface area contributed by atoms with Gasteiger partial charge in [0.1, 0.15) is 5.69 Å². The number of rotatable bonds is 4. The van der Waals surface area contributed by atoms with Crippen molar-refractivity contribution in [2.24, 2.45) is 0 Å². The highest BCUT2D eigenvalue weighted by Crippen LogP contribution is 2.15. The van der Waals surface area contributed by atoms with E-state index in [1.807, 2.05) is 6.92 Å². The second kappa shape index (κ2) is 8.65. The lowest BCUT2D eigenvalue weighted by Gasteiger charge is -2.12. The summed E-state index contributed by atoms with van der Waals surface area (Å²) < 4.78 is 2.78. The van der Waals surface area contributed by atoms with Crippen molar-refractivity contribution in [2.45, 2.75) is 33.9 Å². The molecule has 0 spiro atoms. The summed E-state index contributed by atoms with van der Waals surface area (Å²) in [6, 6.07) is 11.4. The number of hydrazine groups is 1. The first-order chi connectivity index (χ1) is 15.8. The van der Waals surface area contributed by atoms with Gasteiger partial charge in [0.25, 0.3) is 22.9 Å². The van der Waals surface area contributed by atoms with Crippen molar-refractivity contribution >= 4 is 33.6 Å². The zero-order valence-electron chi connectivity index (χ0n) is 18.4. The summed E-state index contributed by atoms with van der Waals surface area (Å²) in [5.74, 6) is -1.22. The number of nitrogens with zero attached hydrogens (tertiary/aromatic N) is 4. The van der Waals surface area contributed by atoms with E-state index in [9.17, 15) is 19.2 Å². The second-order valence-electron chi connectivity index (χ2n) is 7.37. The van der Waals surface area contributed by atoms with E-state index in [4.69, 9.17) is 0 Å². The van der Waals surface area contributed by atoms with Crippen LogP contribution in [0.25, 0.3) is 21.8 Å². The van der Waals surface area contributed by atoms with Crippen LogP contribution in [0.1, 0.15) is 40.4 Å². The third kappa shape index (κ3) is 3.86. The fourth-order valence-corrected chi connectivity index (χ4v) is 3.69. The van der Waals surface area contributed by atoms with Crippen LogP contribution in [0.4, 0.5) is 0 Å². The monoisotopic (exact) mass is 446 g/mol. The van der Waals surface area contributed by atoms with Crippen LogP contribution in [0.3, 0.4) is 0 Å². The summed E-state index contributed by atoms with van der Waals surface area (Å²) in [6.45, 7) is 5.99. The lowest BCUT2D eigenvalue weighted by atomic mass is 10.1. The first-order valence-corrected chi connectivity index (χ1v) is 10.5. The summed E-state index contributed by atoms with van der Waals surface area (Å²) in [7, 11) is 0. The number of nitrogens with one attached hydrogen (secondary N) is 2. The Morgan fingerprint density at radius 2 is 1.61 bits per heavy atom. The molecule has 0 aliphatic heterocycles. The van der Waals surface area contributed by atoms with E-state index in [1.165, 1.54) is 4.68 Å². The number of hydrogen-bond donors (Lipinski definition) is 2. The fraction of sp³-hybridized carbons (Fsp3) is 0.217. The molecule has 0 bridgehead atoms. The molecule has 0 saturated carbocycles. The van der Waals surface area contributed by atoms with Crippen molar-refractivity contribution < 1.29 is 9.59 Å². The van der Waals surface area contributed by atoms with E-state index < -0.39 is 11.8 Å². The van der Waals surface area contributed by atoms with Crippen LogP contribution in [0.5, 0.6) is 0 Å². The summed E-state index contributed by atoms with van der Waals surface area (Å²) in [5, 5.41) is 4.90. The molecule has 0 aliphatic rings. The number of aromatic nitrogens is 4. The highest BCUT2D eigenvalue weighted by molar-refractivity contribution is 6.06. The van der Waals surface area contributed by atoms with Crippen LogP contribution >= 0.6 is 0 Å². The molecule has 2 amide bonds. The molecule has 0 aliphatic carbocycles. The van der Waals surface area contributed by atoms with Crippen molar-refractivity contribution in [3.05, 3.63) is 80.1 Å². The molecular formula is C23H22N6O4. The molecule has 0 radical (unpaired) electrons. The molecule has 0 saturated heterocycles. The van der Waals surface area contributed by atoms with Gasteiger partial charge in [0.2, 0.25) is 0 Å². The molecule has 2 N–H and O–H groups in total. The number of aryl methyl sites for hydroxylation is 3. The summed E-state index contributed by atoms with van der Waals surface area (Å²) in [4.78, 5) is 54.5. The van der Waals surface area contributed by atoms with Crippen LogP contribution in [0.2, 0.25) is 0 Å². The van der Waals surface area contributed by atoms with Crippen LogP contribution in [-0.4, -0.2) is 31.1 Å². The highest BCUT2D eigenvalue weighted by atomic mass is 16.2. The van der Waals surface area contributed by atoms with Gasteiger partial charge in [0.15, 0.2) is 5.69 Å². The highest BCUT2D eigenvalue weighted by Gasteiger charge is 2.17. The van der Waals surface area contributed by atoms with Crippen molar-refractivity contribution in [3.8, 4) is 0 Å². The number of amides is 2. The third-order valence-electron chi connectivity index (χ3n) is 5.36. The van der Waals surface area contributed by atoms with E-state index in [2.05, 4.69) is 20.9 Å². The minimum absolute atomic E-state index is 0.0233. The van der Waals surface area contributed by atoms with Gasteiger partial charge in [-0.15, -0.1) is 0 Å². The Hall–Kier alpha value is -4.34. The Morgan fingerprint density at radius 3 is 2.30 bits per heavy atom. The minimum atomic E-state index is -0.656. The Labute approximate surface area is 187 Å². The minimum Gasteiger partial charge on any atom is -0.305 e. The standard InChI is InChI=1S/C23H22N6O4/c1-4-28-18-11-10-14(12-17(18)24-13(3)22(28)32)20(30)25-26-21(31)19-15-8-6-7-9-16(15)23(33)29(5-2)27-19/h6-12H,4-5H2,1-3H3,(H,25,30)(H,26,31). The molecule has 2 aromatic carbocycles. The quantitative estimate of drug-likeness (QED) is 0.458. The largest absolute Gasteiger partial charge is 0.305 e. The van der Waals surface area contributed by atoms with Gasteiger partial charge >= 0.3 is 0 Å². The topological polar surface area (TPSA) is 128 Å². The molecule has 33 heavy (non-hydrogen) atoms. The number of carbonyl (C=O) groups excluding carboxylic acids is 2. The molecule has 2 heterocycles. The van der Waals surface area contributed by atoms with Gasteiger partial charge in [-0.05, 0) is 45.0 Å². The van der Waals surface area contributed by atoms with Crippen LogP contribution < -0.4 is 22.0 Å². The molecule has 0 fully saturated rings. The molecule has 10 heteroatoms. The molecular weight excluding hydrogens is 424 g/mol. The maximum Gasteiger partial charge on any atom is 0.290 e. The van der Waals surface area contributed by atoms with Crippen molar-refractivity contribution in [1.82, 2.24) is 30.2 Å². The first kappa shape index (κ1) is 21.9. The molecule has 4 aromatic rings. The maximum atomic E-state index is 12.8. The SMILES string of the molecule is CCn1nc(C(=O)NNC(=O)c2ccc3c(c2)nc(C)c(=O)n3CC)c2ccccc2c1=O. The normalized spacial score (nSPS) is 11.0. The maximum absolute atomic E-state index is 12.8. The third-order valence-corrected chi connectivity index (χ3v) is 5.36. The van der Waals surface area contributed by atoms with Gasteiger partial charge in [-0.3, -0.25) is 30.0 Å². The zero-order valence-corrected chi connectivity index (χ0v) is 18.4. The lowest BCUT2D eigenvalue weighted by molar-refractivity contribution is 0.0843. The number of carbonyl (C=O) groups is 2. The molecule has 0 atom stereocenters. The smallest absolute Gasteiger partial charge is 0.290 e. The van der Waals surface area contributed by atoms with E-state index in [-0.39, 0.29) is 22.4 Å². The van der Waals surface area contributed by atoms with E-state index in [0.29, 0.717) is 40.6 Å². The van der Waals surface area contributed by atoms with Gasteiger partial charge in [-0.2, -0.15) is 5.10 Å². The van der Waals surface area contributed by atoms with E-state index in [1.54, 1.807) is 60.9 Å². The molecule has 0 unspecified atom stereocenters. The van der Waals surface area contributed by atoms with Gasteiger partial charge < -0.3 is 4.57 Å². The van der Waals surface area contributed by atoms with E-state index in [0.717, 1.165) is 0 Å². The van der Waals surface area contributed by atoms with Crippen LogP contribution in [0, 0.1) is 6.92 Å². The van der Waals surface area contributed by atoms with Crippen molar-refractivity contribution in [2.75, 3.05) is 0 Å². The number of hydrogen-bond acceptors (Lipinski definition) is 6. The van der Waals surface area contributed by atoms with Crippen LogP contribution in [-0.2, 0) is 13.1 Å². The number of benzene rings is 2. The average Bonchev–Trinajstić information content (AvgIpc) is 2.83. The average molecular weight is 446 g/mol. The molecule has 2 aromatic heterocycles. The zero-order chi connectivity index (χ0) is 23.7. The summed E-state index contributed by atoms with van der Waals surface area (Å²) in [6.07, 6.45) is 0. The van der Waals surface area contributed by atoms with Gasteiger partial charge in [-0.25, -0.2) is 9.67 Å². The van der Waals surface area contributed by atoms with Gasteiger partial charge in [0.05, 0.1) is 16.4 Å². The molecule has 4 rings (SSSR count). The fourth-order valence-electron chi connectivity index (χ4n) is 3.69. The Kier molecular flexibility index (Phi) is 5.74. The van der Waals surface area contributed by atoms with Gasteiger partial charge in [0, 0.05) is 24.0 Å². The van der Waals surface area contributed by atoms with Gasteiger partial charge in [-0.1, -0.05) is 18.2 Å². The predicted molar refractivity (Wildman–Crippen MR) is 123 cm³/mol. The predicted octanol–water partition coefficient (Wildman–Crippen LogP) is 1.53. The van der Waals surface area contributed by atoms with Crippen molar-refractivity contribution in [3.63, 3.8) is 0 Å². The Morgan fingerprint density at radius 1 is 0.909 bits per heavy atom. The van der Waals surface area contributed by atoms with E-state index >= 15 is 0 Å². The Bertz CT molecular complexity index is 1540.